The molecule has 0 N–H and O–H groups in total. The Morgan fingerprint density at radius 3 is 2.12 bits per heavy atom. The van der Waals surface area contributed by atoms with Crippen molar-refractivity contribution in [1.29, 1.82) is 0 Å². The van der Waals surface area contributed by atoms with Crippen LogP contribution in [0.2, 0.25) is 0 Å². The monoisotopic (exact) mass is 348 g/mol. The first kappa shape index (κ1) is 15.9. The molecule has 0 fully saturated rings. The molecular weight excluding hydrogens is 332 g/mol. The zero-order valence-electron chi connectivity index (χ0n) is 13.4. The van der Waals surface area contributed by atoms with Crippen molar-refractivity contribution in [2.75, 3.05) is 0 Å². The van der Waals surface area contributed by atoms with Crippen LogP contribution in [0.4, 0.5) is 0 Å². The zero-order valence-corrected chi connectivity index (χ0v) is 14.2. The van der Waals surface area contributed by atoms with Crippen LogP contribution in [0.15, 0.2) is 89.8 Å². The smallest absolute Gasteiger partial charge is 0.337 e. The second-order valence-electron chi connectivity index (χ2n) is 5.91. The van der Waals surface area contributed by atoms with E-state index in [1.807, 2.05) is 54.6 Å². The van der Waals surface area contributed by atoms with Crippen LogP contribution in [0.1, 0.15) is 15.9 Å². The van der Waals surface area contributed by atoms with Crippen molar-refractivity contribution < 1.29 is 14.1 Å². The van der Waals surface area contributed by atoms with Crippen LogP contribution in [0.5, 0.6) is 5.75 Å². The van der Waals surface area contributed by atoms with Crippen molar-refractivity contribution in [1.82, 2.24) is 0 Å². The lowest BCUT2D eigenvalue weighted by atomic mass is 10.1. The molecule has 0 spiro atoms. The minimum absolute atomic E-state index is 0.228. The molecule has 1 aliphatic carbocycles. The van der Waals surface area contributed by atoms with Crippen LogP contribution < -0.4 is 4.74 Å². The SMILES string of the molecule is O=C1c2ccccc2CC1(Oc1ccccc1)[S+]([O-])c1ccccc1. The van der Waals surface area contributed by atoms with Gasteiger partial charge in [-0.05, 0) is 29.8 Å². The lowest BCUT2D eigenvalue weighted by Gasteiger charge is -2.30. The summed E-state index contributed by atoms with van der Waals surface area (Å²) in [6.07, 6.45) is 0.290. The Hall–Kier alpha value is -2.56. The molecular formula is C21H16O3S. The molecule has 2 unspecified atom stereocenters. The van der Waals surface area contributed by atoms with E-state index in [4.69, 9.17) is 4.74 Å². The van der Waals surface area contributed by atoms with Crippen LogP contribution in [-0.2, 0) is 17.6 Å². The van der Waals surface area contributed by atoms with Gasteiger partial charge in [0.25, 0.3) is 5.78 Å². The molecule has 0 amide bonds. The average Bonchev–Trinajstić information content (AvgIpc) is 2.96. The molecule has 1 aliphatic rings. The fraction of sp³-hybridized carbons (Fsp3) is 0.0952. The molecule has 3 aromatic carbocycles. The largest absolute Gasteiger partial charge is 0.608 e. The summed E-state index contributed by atoms with van der Waals surface area (Å²) in [5.74, 6) is 0.307. The number of Topliss-reactive ketones (excluding diaryl/α,β-unsaturated/α-hetero) is 1. The summed E-state index contributed by atoms with van der Waals surface area (Å²) < 4.78 is 19.5. The molecule has 25 heavy (non-hydrogen) atoms. The average molecular weight is 348 g/mol. The first-order valence-electron chi connectivity index (χ1n) is 8.04. The first-order valence-corrected chi connectivity index (χ1v) is 9.19. The Kier molecular flexibility index (Phi) is 4.07. The molecule has 0 saturated heterocycles. The third kappa shape index (κ3) is 2.73. The molecule has 0 aromatic heterocycles. The van der Waals surface area contributed by atoms with Gasteiger partial charge in [0.2, 0.25) is 0 Å². The Balaban J connectivity index is 1.81. The van der Waals surface area contributed by atoms with Crippen molar-refractivity contribution in [3.05, 3.63) is 96.1 Å². The lowest BCUT2D eigenvalue weighted by Crippen LogP contribution is -2.50. The Labute approximate surface area is 149 Å². The fourth-order valence-corrected chi connectivity index (χ4v) is 4.64. The number of para-hydroxylation sites is 1. The van der Waals surface area contributed by atoms with E-state index in [0.29, 0.717) is 22.6 Å². The number of fused-ring (bicyclic) bond motifs is 1. The molecule has 2 atom stereocenters. The number of carbonyl (C=O) groups excluding carboxylic acids is 1. The van der Waals surface area contributed by atoms with Crippen molar-refractivity contribution in [2.24, 2.45) is 0 Å². The summed E-state index contributed by atoms with van der Waals surface area (Å²) in [4.78, 5) is 12.4. The maximum absolute atomic E-state index is 13.4. The van der Waals surface area contributed by atoms with E-state index < -0.39 is 16.1 Å². The minimum atomic E-state index is -1.65. The lowest BCUT2D eigenvalue weighted by molar-refractivity contribution is 0.0738. The van der Waals surface area contributed by atoms with Crippen molar-refractivity contribution >= 4 is 17.0 Å². The molecule has 4 rings (SSSR count). The van der Waals surface area contributed by atoms with Crippen molar-refractivity contribution in [3.63, 3.8) is 0 Å². The number of ether oxygens (including phenoxy) is 1. The number of ketones is 1. The van der Waals surface area contributed by atoms with Gasteiger partial charge < -0.3 is 9.29 Å². The van der Waals surface area contributed by atoms with Gasteiger partial charge in [0.1, 0.15) is 5.75 Å². The van der Waals surface area contributed by atoms with E-state index in [2.05, 4.69) is 0 Å². The van der Waals surface area contributed by atoms with Gasteiger partial charge in [-0.3, -0.25) is 4.79 Å². The van der Waals surface area contributed by atoms with Gasteiger partial charge >= 0.3 is 4.93 Å². The normalized spacial score (nSPS) is 20.1. The van der Waals surface area contributed by atoms with Crippen LogP contribution in [0.25, 0.3) is 0 Å². The molecule has 0 aliphatic heterocycles. The molecule has 0 saturated carbocycles. The molecule has 3 nitrogen and oxygen atoms in total. The van der Waals surface area contributed by atoms with Crippen LogP contribution in [-0.4, -0.2) is 15.3 Å². The predicted octanol–water partition coefficient (Wildman–Crippen LogP) is 4.01. The summed E-state index contributed by atoms with van der Waals surface area (Å²) in [5.41, 5.74) is 1.45. The van der Waals surface area contributed by atoms with E-state index in [1.54, 1.807) is 30.3 Å². The molecule has 124 valence electrons. The highest BCUT2D eigenvalue weighted by molar-refractivity contribution is 7.93. The van der Waals surface area contributed by atoms with Crippen molar-refractivity contribution in [2.45, 2.75) is 16.2 Å². The summed E-state index contributed by atoms with van der Waals surface area (Å²) in [7, 11) is 0. The summed E-state index contributed by atoms with van der Waals surface area (Å²) in [6.45, 7) is 0. The maximum atomic E-state index is 13.4. The highest BCUT2D eigenvalue weighted by atomic mass is 32.2. The molecule has 0 radical (unpaired) electrons. The van der Waals surface area contributed by atoms with Gasteiger partial charge in [-0.2, -0.15) is 0 Å². The minimum Gasteiger partial charge on any atom is -0.608 e. The van der Waals surface area contributed by atoms with Gasteiger partial charge in [-0.25, -0.2) is 0 Å². The summed E-state index contributed by atoms with van der Waals surface area (Å²) in [5, 5.41) is 0. The van der Waals surface area contributed by atoms with E-state index >= 15 is 0 Å². The van der Waals surface area contributed by atoms with Gasteiger partial charge in [-0.15, -0.1) is 0 Å². The molecule has 4 heteroatoms. The number of rotatable bonds is 4. The number of carbonyl (C=O) groups is 1. The van der Waals surface area contributed by atoms with Gasteiger partial charge in [0.15, 0.2) is 4.90 Å². The Morgan fingerprint density at radius 2 is 1.44 bits per heavy atom. The van der Waals surface area contributed by atoms with E-state index in [0.717, 1.165) is 5.56 Å². The maximum Gasteiger partial charge on any atom is 0.337 e. The van der Waals surface area contributed by atoms with E-state index in [1.165, 1.54) is 0 Å². The first-order chi connectivity index (χ1) is 12.2. The predicted molar refractivity (Wildman–Crippen MR) is 97.1 cm³/mol. The van der Waals surface area contributed by atoms with Crippen LogP contribution in [0.3, 0.4) is 0 Å². The molecule has 0 heterocycles. The van der Waals surface area contributed by atoms with Gasteiger partial charge in [0.05, 0.1) is 6.42 Å². The second kappa shape index (κ2) is 6.39. The zero-order chi connectivity index (χ0) is 17.3. The molecule has 0 bridgehead atoms. The third-order valence-corrected chi connectivity index (χ3v) is 6.03. The van der Waals surface area contributed by atoms with Gasteiger partial charge in [-0.1, -0.05) is 60.7 Å². The topological polar surface area (TPSA) is 49.4 Å². The van der Waals surface area contributed by atoms with E-state index in [-0.39, 0.29) is 5.78 Å². The van der Waals surface area contributed by atoms with Crippen LogP contribution >= 0.6 is 0 Å². The van der Waals surface area contributed by atoms with E-state index in [9.17, 15) is 9.35 Å². The highest BCUT2D eigenvalue weighted by Crippen LogP contribution is 2.40. The molecule has 3 aromatic rings. The Morgan fingerprint density at radius 1 is 0.840 bits per heavy atom. The third-order valence-electron chi connectivity index (χ3n) is 4.31. The Bertz CT molecular complexity index is 895. The standard InChI is InChI=1S/C21H16O3S/c22-20-19-14-8-7-9-16(19)15-21(20,24-17-10-3-1-4-11-17)25(23)18-12-5-2-6-13-18/h1-14H,15H2. The highest BCUT2D eigenvalue weighted by Gasteiger charge is 2.58. The number of hydrogen-bond donors (Lipinski definition) is 0. The second-order valence-corrected chi connectivity index (χ2v) is 7.58. The number of benzene rings is 3. The van der Waals surface area contributed by atoms with Crippen molar-refractivity contribution in [3.8, 4) is 5.75 Å². The quantitative estimate of drug-likeness (QED) is 0.670. The summed E-state index contributed by atoms with van der Waals surface area (Å²) >= 11 is -1.65. The van der Waals surface area contributed by atoms with Crippen LogP contribution in [0, 0.1) is 0 Å². The number of hydrogen-bond acceptors (Lipinski definition) is 3. The summed E-state index contributed by atoms with van der Waals surface area (Å²) in [6, 6.07) is 25.5. The fourth-order valence-electron chi connectivity index (χ4n) is 3.12. The van der Waals surface area contributed by atoms with Gasteiger partial charge in [0, 0.05) is 16.7 Å².